The van der Waals surface area contributed by atoms with Gasteiger partial charge in [-0.1, -0.05) is 32.0 Å². The zero-order valence-electron chi connectivity index (χ0n) is 15.6. The number of halogens is 1. The molecule has 2 N–H and O–H groups in total. The van der Waals surface area contributed by atoms with Crippen LogP contribution >= 0.6 is 0 Å². The van der Waals surface area contributed by atoms with E-state index in [9.17, 15) is 9.50 Å². The average Bonchev–Trinajstić information content (AvgIpc) is 2.60. The van der Waals surface area contributed by atoms with Crippen molar-refractivity contribution in [1.82, 2.24) is 5.32 Å². The predicted octanol–water partition coefficient (Wildman–Crippen LogP) is 3.28. The molecule has 5 heteroatoms. The normalized spacial score (nSPS) is 23.2. The second-order valence-electron chi connectivity index (χ2n) is 6.84. The third-order valence-electron chi connectivity index (χ3n) is 5.59. The molecule has 1 saturated carbocycles. The highest BCUT2D eigenvalue weighted by Crippen LogP contribution is 2.48. The molecule has 0 bridgehead atoms. The largest absolute Gasteiger partial charge is 0.389 e. The van der Waals surface area contributed by atoms with E-state index in [2.05, 4.69) is 19.2 Å². The minimum Gasteiger partial charge on any atom is -0.389 e. The van der Waals surface area contributed by atoms with Crippen LogP contribution in [-0.2, 0) is 16.1 Å². The molecule has 1 fully saturated rings. The van der Waals surface area contributed by atoms with E-state index in [1.54, 1.807) is 18.2 Å². The molecular weight excluding hydrogens is 321 g/mol. The van der Waals surface area contributed by atoms with E-state index in [0.717, 1.165) is 25.9 Å². The van der Waals surface area contributed by atoms with Crippen LogP contribution in [0.4, 0.5) is 4.39 Å². The maximum Gasteiger partial charge on any atom is 0.128 e. The van der Waals surface area contributed by atoms with Crippen molar-refractivity contribution in [3.63, 3.8) is 0 Å². The number of aliphatic hydroxyl groups excluding tert-OH is 1. The molecule has 0 radical (unpaired) electrons. The molecule has 3 atom stereocenters. The zero-order valence-corrected chi connectivity index (χ0v) is 15.6. The first kappa shape index (κ1) is 20.3. The Morgan fingerprint density at radius 1 is 1.28 bits per heavy atom. The van der Waals surface area contributed by atoms with Crippen LogP contribution in [0.2, 0.25) is 0 Å². The highest BCUT2D eigenvalue weighted by molar-refractivity contribution is 5.16. The summed E-state index contributed by atoms with van der Waals surface area (Å²) < 4.78 is 24.8. The summed E-state index contributed by atoms with van der Waals surface area (Å²) in [7, 11) is 0. The fourth-order valence-electron chi connectivity index (χ4n) is 3.92. The van der Waals surface area contributed by atoms with Gasteiger partial charge in [0.2, 0.25) is 0 Å². The zero-order chi connectivity index (χ0) is 18.3. The first-order valence-electron chi connectivity index (χ1n) is 9.41. The first-order valence-corrected chi connectivity index (χ1v) is 9.41. The van der Waals surface area contributed by atoms with Crippen LogP contribution < -0.4 is 5.32 Å². The Balaban J connectivity index is 1.73. The lowest BCUT2D eigenvalue weighted by atomic mass is 9.58. The molecule has 0 aliphatic heterocycles. The number of nitrogens with one attached hydrogen (secondary N) is 1. The van der Waals surface area contributed by atoms with Crippen molar-refractivity contribution < 1.29 is 19.0 Å². The molecular formula is C20H32FNO3. The highest BCUT2D eigenvalue weighted by Gasteiger charge is 2.52. The topological polar surface area (TPSA) is 50.7 Å². The molecule has 1 aliphatic rings. The van der Waals surface area contributed by atoms with Gasteiger partial charge < -0.3 is 19.9 Å². The number of rotatable bonds is 11. The van der Waals surface area contributed by atoms with Gasteiger partial charge in [-0.2, -0.15) is 0 Å². The molecule has 1 aromatic rings. The smallest absolute Gasteiger partial charge is 0.128 e. The van der Waals surface area contributed by atoms with Crippen molar-refractivity contribution >= 4 is 0 Å². The van der Waals surface area contributed by atoms with Gasteiger partial charge in [-0.05, 0) is 32.3 Å². The SMILES string of the molecule is CCOC1CC(NCC(O)COCc2ccccc2F)C1(CC)CC. The number of benzene rings is 1. The molecule has 25 heavy (non-hydrogen) atoms. The van der Waals surface area contributed by atoms with Crippen LogP contribution in [0.15, 0.2) is 24.3 Å². The van der Waals surface area contributed by atoms with Gasteiger partial charge >= 0.3 is 0 Å². The molecule has 142 valence electrons. The van der Waals surface area contributed by atoms with Gasteiger partial charge in [-0.25, -0.2) is 4.39 Å². The molecule has 0 spiro atoms. The molecule has 0 heterocycles. The van der Waals surface area contributed by atoms with Crippen LogP contribution in [0.3, 0.4) is 0 Å². The minimum absolute atomic E-state index is 0.157. The van der Waals surface area contributed by atoms with E-state index in [1.807, 2.05) is 6.92 Å². The lowest BCUT2D eigenvalue weighted by molar-refractivity contribution is -0.139. The van der Waals surface area contributed by atoms with E-state index in [4.69, 9.17) is 9.47 Å². The van der Waals surface area contributed by atoms with E-state index in [0.29, 0.717) is 24.3 Å². The number of hydrogen-bond donors (Lipinski definition) is 2. The number of ether oxygens (including phenoxy) is 2. The van der Waals surface area contributed by atoms with Crippen LogP contribution in [0.5, 0.6) is 0 Å². The summed E-state index contributed by atoms with van der Waals surface area (Å²) >= 11 is 0. The molecule has 1 aliphatic carbocycles. The Hall–Kier alpha value is -1.01. The third-order valence-corrected chi connectivity index (χ3v) is 5.59. The third kappa shape index (κ3) is 4.79. The fraction of sp³-hybridized carbons (Fsp3) is 0.700. The standard InChI is InChI=1S/C20H32FNO3/c1-4-20(5-2)18(11-19(20)25-6-3)22-12-16(23)14-24-13-15-9-7-8-10-17(15)21/h7-10,16,18-19,22-23H,4-6,11-14H2,1-3H3. The summed E-state index contributed by atoms with van der Waals surface area (Å²) in [6.45, 7) is 8.03. The average molecular weight is 353 g/mol. The maximum atomic E-state index is 13.5. The van der Waals surface area contributed by atoms with Crippen molar-refractivity contribution in [2.24, 2.45) is 5.41 Å². The van der Waals surface area contributed by atoms with Crippen molar-refractivity contribution in [2.45, 2.75) is 64.9 Å². The summed E-state index contributed by atoms with van der Waals surface area (Å²) in [5.74, 6) is -0.276. The monoisotopic (exact) mass is 353 g/mol. The second-order valence-corrected chi connectivity index (χ2v) is 6.84. The van der Waals surface area contributed by atoms with Gasteiger partial charge in [-0.15, -0.1) is 0 Å². The maximum absolute atomic E-state index is 13.5. The molecule has 0 aromatic heterocycles. The Morgan fingerprint density at radius 2 is 2.00 bits per heavy atom. The van der Waals surface area contributed by atoms with Gasteiger partial charge in [0.15, 0.2) is 0 Å². The lowest BCUT2D eigenvalue weighted by Crippen LogP contribution is -2.64. The Kier molecular flexibility index (Phi) is 7.81. The molecule has 1 aromatic carbocycles. The first-order chi connectivity index (χ1) is 12.1. The summed E-state index contributed by atoms with van der Waals surface area (Å²) in [6.07, 6.45) is 2.80. The summed E-state index contributed by atoms with van der Waals surface area (Å²) in [4.78, 5) is 0. The number of hydrogen-bond acceptors (Lipinski definition) is 4. The molecule has 4 nitrogen and oxygen atoms in total. The van der Waals surface area contributed by atoms with Gasteiger partial charge in [0.25, 0.3) is 0 Å². The highest BCUT2D eigenvalue weighted by atomic mass is 19.1. The van der Waals surface area contributed by atoms with Gasteiger partial charge in [0, 0.05) is 30.2 Å². The molecule has 0 saturated heterocycles. The van der Waals surface area contributed by atoms with Crippen LogP contribution in [0, 0.1) is 11.2 Å². The van der Waals surface area contributed by atoms with Crippen molar-refractivity contribution in [1.29, 1.82) is 0 Å². The lowest BCUT2D eigenvalue weighted by Gasteiger charge is -2.55. The van der Waals surface area contributed by atoms with Crippen molar-refractivity contribution in [3.05, 3.63) is 35.6 Å². The Bertz CT molecular complexity index is 521. The second kappa shape index (κ2) is 9.62. The quantitative estimate of drug-likeness (QED) is 0.641. The molecule has 3 unspecified atom stereocenters. The fourth-order valence-corrected chi connectivity index (χ4v) is 3.92. The van der Waals surface area contributed by atoms with Crippen LogP contribution in [-0.4, -0.2) is 43.1 Å². The summed E-state index contributed by atoms with van der Waals surface area (Å²) in [5.41, 5.74) is 0.668. The summed E-state index contributed by atoms with van der Waals surface area (Å²) in [6, 6.07) is 6.90. The van der Waals surface area contributed by atoms with Crippen molar-refractivity contribution in [2.75, 3.05) is 19.8 Å². The van der Waals surface area contributed by atoms with Gasteiger partial charge in [-0.3, -0.25) is 0 Å². The molecule has 2 rings (SSSR count). The van der Waals surface area contributed by atoms with E-state index < -0.39 is 6.10 Å². The summed E-state index contributed by atoms with van der Waals surface area (Å²) in [5, 5.41) is 13.6. The minimum atomic E-state index is -0.607. The number of aliphatic hydroxyl groups is 1. The predicted molar refractivity (Wildman–Crippen MR) is 96.9 cm³/mol. The molecule has 0 amide bonds. The Morgan fingerprint density at radius 3 is 2.64 bits per heavy atom. The van der Waals surface area contributed by atoms with E-state index in [-0.39, 0.29) is 24.4 Å². The van der Waals surface area contributed by atoms with Gasteiger partial charge in [0.1, 0.15) is 5.82 Å². The van der Waals surface area contributed by atoms with Crippen LogP contribution in [0.1, 0.15) is 45.6 Å². The van der Waals surface area contributed by atoms with E-state index >= 15 is 0 Å². The Labute approximate surface area is 150 Å². The van der Waals surface area contributed by atoms with Crippen LogP contribution in [0.25, 0.3) is 0 Å². The van der Waals surface area contributed by atoms with E-state index in [1.165, 1.54) is 6.07 Å². The van der Waals surface area contributed by atoms with Crippen molar-refractivity contribution in [3.8, 4) is 0 Å². The van der Waals surface area contributed by atoms with Gasteiger partial charge in [0.05, 0.1) is 25.4 Å².